The van der Waals surface area contributed by atoms with Gasteiger partial charge in [0.1, 0.15) is 5.75 Å². The van der Waals surface area contributed by atoms with Gasteiger partial charge in [0.15, 0.2) is 0 Å². The first kappa shape index (κ1) is 21.1. The van der Waals surface area contributed by atoms with Crippen molar-refractivity contribution in [1.29, 1.82) is 0 Å². The molecule has 1 aromatic carbocycles. The van der Waals surface area contributed by atoms with E-state index in [0.717, 1.165) is 19.5 Å². The second kappa shape index (κ2) is 9.24. The molecule has 2 aliphatic rings. The maximum atomic E-state index is 12.9. The minimum atomic E-state index is -3.52. The van der Waals surface area contributed by atoms with Crippen molar-refractivity contribution in [3.05, 3.63) is 24.3 Å². The molecule has 0 aliphatic carbocycles. The molecule has 0 unspecified atom stereocenters. The summed E-state index contributed by atoms with van der Waals surface area (Å²) in [5, 5.41) is 0. The lowest BCUT2D eigenvalue weighted by Crippen LogP contribution is -2.52. The van der Waals surface area contributed by atoms with Crippen molar-refractivity contribution in [2.24, 2.45) is 5.92 Å². The van der Waals surface area contributed by atoms with Gasteiger partial charge in [-0.2, -0.15) is 4.31 Å². The lowest BCUT2D eigenvalue weighted by molar-refractivity contribution is -0.134. The minimum Gasteiger partial charge on any atom is -0.494 e. The SMILES string of the molecule is CCOc1ccc(S(=O)(=O)N2CCN(CC(=O)N3CCC[C@@H](C)C3)CC2)cc1. The number of carbonyl (C=O) groups is 1. The van der Waals surface area contributed by atoms with E-state index in [9.17, 15) is 13.2 Å². The van der Waals surface area contributed by atoms with E-state index >= 15 is 0 Å². The number of piperidine rings is 1. The topological polar surface area (TPSA) is 70.2 Å². The van der Waals surface area contributed by atoms with Gasteiger partial charge in [0.2, 0.25) is 15.9 Å². The molecule has 2 aliphatic heterocycles. The summed E-state index contributed by atoms with van der Waals surface area (Å²) < 4.78 is 32.6. The van der Waals surface area contributed by atoms with Crippen LogP contribution >= 0.6 is 0 Å². The van der Waals surface area contributed by atoms with Gasteiger partial charge < -0.3 is 9.64 Å². The third-order valence-corrected chi connectivity index (χ3v) is 7.39. The number of hydrogen-bond donors (Lipinski definition) is 0. The van der Waals surface area contributed by atoms with E-state index in [0.29, 0.717) is 51.0 Å². The van der Waals surface area contributed by atoms with Crippen molar-refractivity contribution in [2.45, 2.75) is 31.6 Å². The summed E-state index contributed by atoms with van der Waals surface area (Å²) in [7, 11) is -3.52. The Labute approximate surface area is 168 Å². The van der Waals surface area contributed by atoms with Gasteiger partial charge in [-0.15, -0.1) is 0 Å². The molecule has 2 fully saturated rings. The van der Waals surface area contributed by atoms with Crippen molar-refractivity contribution in [3.63, 3.8) is 0 Å². The Morgan fingerprint density at radius 2 is 1.79 bits per heavy atom. The van der Waals surface area contributed by atoms with Crippen molar-refractivity contribution < 1.29 is 17.9 Å². The van der Waals surface area contributed by atoms with Crippen LogP contribution in [0.15, 0.2) is 29.2 Å². The zero-order chi connectivity index (χ0) is 20.1. The van der Waals surface area contributed by atoms with Gasteiger partial charge in [-0.3, -0.25) is 9.69 Å². The van der Waals surface area contributed by atoms with E-state index in [1.165, 1.54) is 10.7 Å². The van der Waals surface area contributed by atoms with Gasteiger partial charge in [-0.25, -0.2) is 8.42 Å². The van der Waals surface area contributed by atoms with Crippen molar-refractivity contribution in [2.75, 3.05) is 52.4 Å². The molecule has 8 heteroatoms. The predicted octanol–water partition coefficient (Wildman–Crippen LogP) is 1.65. The molecule has 28 heavy (non-hydrogen) atoms. The smallest absolute Gasteiger partial charge is 0.243 e. The first-order chi connectivity index (χ1) is 13.4. The van der Waals surface area contributed by atoms with Crippen LogP contribution in [0.3, 0.4) is 0 Å². The van der Waals surface area contributed by atoms with Crippen molar-refractivity contribution in [3.8, 4) is 5.75 Å². The molecule has 0 spiro atoms. The van der Waals surface area contributed by atoms with Gasteiger partial charge in [0, 0.05) is 39.3 Å². The third-order valence-electron chi connectivity index (χ3n) is 5.47. The maximum Gasteiger partial charge on any atom is 0.243 e. The Hall–Kier alpha value is -1.64. The lowest BCUT2D eigenvalue weighted by atomic mass is 10.0. The fourth-order valence-corrected chi connectivity index (χ4v) is 5.28. The van der Waals surface area contributed by atoms with E-state index in [4.69, 9.17) is 4.74 Å². The van der Waals surface area contributed by atoms with E-state index in [1.807, 2.05) is 11.8 Å². The van der Waals surface area contributed by atoms with Gasteiger partial charge in [0.05, 0.1) is 18.0 Å². The van der Waals surface area contributed by atoms with Gasteiger partial charge >= 0.3 is 0 Å². The molecule has 1 amide bonds. The average molecular weight is 410 g/mol. The van der Waals surface area contributed by atoms with Crippen LogP contribution in [0, 0.1) is 5.92 Å². The van der Waals surface area contributed by atoms with Crippen LogP contribution in [-0.2, 0) is 14.8 Å². The molecule has 0 aromatic heterocycles. The summed E-state index contributed by atoms with van der Waals surface area (Å²) in [5.41, 5.74) is 0. The second-order valence-corrected chi connectivity index (χ2v) is 9.61. The van der Waals surface area contributed by atoms with Crippen LogP contribution in [0.2, 0.25) is 0 Å². The summed E-state index contributed by atoms with van der Waals surface area (Å²) in [5.74, 6) is 1.39. The van der Waals surface area contributed by atoms with Crippen LogP contribution in [0.25, 0.3) is 0 Å². The zero-order valence-electron chi connectivity index (χ0n) is 16.8. The molecule has 1 atom stereocenters. The first-order valence-electron chi connectivity index (χ1n) is 10.1. The Morgan fingerprint density at radius 1 is 1.11 bits per heavy atom. The molecule has 0 saturated carbocycles. The zero-order valence-corrected chi connectivity index (χ0v) is 17.7. The number of benzene rings is 1. The number of ether oxygens (including phenoxy) is 1. The fourth-order valence-electron chi connectivity index (χ4n) is 3.86. The average Bonchev–Trinajstić information content (AvgIpc) is 2.69. The lowest BCUT2D eigenvalue weighted by Gasteiger charge is -2.36. The molecule has 0 bridgehead atoms. The molecular weight excluding hydrogens is 378 g/mol. The number of rotatable bonds is 6. The quantitative estimate of drug-likeness (QED) is 0.715. The number of amides is 1. The maximum absolute atomic E-state index is 12.9. The molecule has 156 valence electrons. The Kier molecular flexibility index (Phi) is 6.95. The number of nitrogens with zero attached hydrogens (tertiary/aromatic N) is 3. The number of likely N-dealkylation sites (tertiary alicyclic amines) is 1. The highest BCUT2D eigenvalue weighted by Crippen LogP contribution is 2.21. The second-order valence-electron chi connectivity index (χ2n) is 7.67. The summed E-state index contributed by atoms with van der Waals surface area (Å²) in [6, 6.07) is 6.55. The largest absolute Gasteiger partial charge is 0.494 e. The van der Waals surface area contributed by atoms with Gasteiger partial charge in [-0.05, 0) is 49.9 Å². The minimum absolute atomic E-state index is 0.161. The molecule has 2 heterocycles. The number of sulfonamides is 1. The first-order valence-corrected chi connectivity index (χ1v) is 11.6. The normalized spacial score (nSPS) is 22.2. The van der Waals surface area contributed by atoms with Crippen LogP contribution in [0.1, 0.15) is 26.7 Å². The third kappa shape index (κ3) is 5.04. The monoisotopic (exact) mass is 409 g/mol. The Balaban J connectivity index is 1.53. The molecule has 3 rings (SSSR count). The van der Waals surface area contributed by atoms with Crippen LogP contribution < -0.4 is 4.74 Å². The molecule has 0 N–H and O–H groups in total. The van der Waals surface area contributed by atoms with Crippen molar-refractivity contribution >= 4 is 15.9 Å². The summed E-state index contributed by atoms with van der Waals surface area (Å²) in [6.45, 7) is 8.63. The van der Waals surface area contributed by atoms with Crippen LogP contribution in [0.5, 0.6) is 5.75 Å². The van der Waals surface area contributed by atoms with E-state index in [-0.39, 0.29) is 10.8 Å². The summed E-state index contributed by atoms with van der Waals surface area (Å²) >= 11 is 0. The van der Waals surface area contributed by atoms with Crippen LogP contribution in [0.4, 0.5) is 0 Å². The Bertz CT molecular complexity index is 758. The fraction of sp³-hybridized carbons (Fsp3) is 0.650. The Morgan fingerprint density at radius 3 is 2.39 bits per heavy atom. The molecule has 2 saturated heterocycles. The van der Waals surface area contributed by atoms with E-state index < -0.39 is 10.0 Å². The standard InChI is InChI=1S/C20H31N3O4S/c1-3-27-18-6-8-19(9-7-18)28(25,26)23-13-11-21(12-14-23)16-20(24)22-10-4-5-17(2)15-22/h6-9,17H,3-5,10-16H2,1-2H3/t17-/m1/s1. The highest BCUT2D eigenvalue weighted by Gasteiger charge is 2.30. The van der Waals surface area contributed by atoms with Gasteiger partial charge in [0.25, 0.3) is 0 Å². The highest BCUT2D eigenvalue weighted by atomic mass is 32.2. The summed E-state index contributed by atoms with van der Waals surface area (Å²) in [6.07, 6.45) is 2.26. The number of carbonyl (C=O) groups excluding carboxylic acids is 1. The molecular formula is C20H31N3O4S. The summed E-state index contributed by atoms with van der Waals surface area (Å²) in [4.78, 5) is 16.8. The molecule has 1 aromatic rings. The number of hydrogen-bond acceptors (Lipinski definition) is 5. The number of piperazine rings is 1. The molecule has 7 nitrogen and oxygen atoms in total. The molecule has 0 radical (unpaired) electrons. The van der Waals surface area contributed by atoms with Gasteiger partial charge in [-0.1, -0.05) is 6.92 Å². The van der Waals surface area contributed by atoms with Crippen LogP contribution in [-0.4, -0.2) is 80.9 Å². The highest BCUT2D eigenvalue weighted by molar-refractivity contribution is 7.89. The van der Waals surface area contributed by atoms with E-state index in [2.05, 4.69) is 11.8 Å². The predicted molar refractivity (Wildman–Crippen MR) is 108 cm³/mol. The van der Waals surface area contributed by atoms with Crippen molar-refractivity contribution in [1.82, 2.24) is 14.1 Å². The van der Waals surface area contributed by atoms with E-state index in [1.54, 1.807) is 24.3 Å².